The van der Waals surface area contributed by atoms with Gasteiger partial charge >= 0.3 is 23.9 Å². The van der Waals surface area contributed by atoms with Crippen LogP contribution in [0.3, 0.4) is 0 Å². The Morgan fingerprint density at radius 2 is 1.19 bits per heavy atom. The van der Waals surface area contributed by atoms with E-state index in [4.69, 9.17) is 18.9 Å². The predicted molar refractivity (Wildman–Crippen MR) is 157 cm³/mol. The SMILES string of the molecule is C=C1C(=O)O[C@@H]2[C@H]3C(C)=CC[C@@H](OC(=O)CCCC(=O)O[C@@H]4CC=C(C)[C@@H]5[C@H]6OC(=O)C(=C)[C@@H]6CC[C@]54C)[C@]3(C)CC[C@@H]12. The summed E-state index contributed by atoms with van der Waals surface area (Å²) in [5.74, 6) is -1.30. The molecule has 6 aliphatic rings. The van der Waals surface area contributed by atoms with E-state index in [-0.39, 0.29) is 95.6 Å². The van der Waals surface area contributed by atoms with Gasteiger partial charge in [0.2, 0.25) is 0 Å². The van der Waals surface area contributed by atoms with Gasteiger partial charge in [0.1, 0.15) is 24.4 Å². The molecule has 4 fully saturated rings. The zero-order valence-electron chi connectivity index (χ0n) is 25.8. The van der Waals surface area contributed by atoms with Crippen molar-refractivity contribution in [1.82, 2.24) is 0 Å². The number of hydrogen-bond acceptors (Lipinski definition) is 8. The number of carbonyl (C=O) groups excluding carboxylic acids is 4. The zero-order valence-corrected chi connectivity index (χ0v) is 25.8. The first kappa shape index (κ1) is 29.9. The molecule has 0 amide bonds. The smallest absolute Gasteiger partial charge is 0.334 e. The van der Waals surface area contributed by atoms with Crippen LogP contribution in [-0.4, -0.2) is 48.3 Å². The molecule has 0 spiro atoms. The highest BCUT2D eigenvalue weighted by Crippen LogP contribution is 2.58. The maximum atomic E-state index is 13.0. The van der Waals surface area contributed by atoms with E-state index in [1.54, 1.807) is 0 Å². The zero-order chi connectivity index (χ0) is 30.8. The van der Waals surface area contributed by atoms with E-state index < -0.39 is 0 Å². The molecule has 2 heterocycles. The van der Waals surface area contributed by atoms with E-state index in [9.17, 15) is 19.2 Å². The molecule has 4 aliphatic carbocycles. The number of rotatable bonds is 6. The minimum Gasteiger partial charge on any atom is -0.461 e. The first-order valence-corrected chi connectivity index (χ1v) is 15.9. The third-order valence-corrected chi connectivity index (χ3v) is 11.8. The standard InChI is InChI=1S/C35H44O8/c1-18-10-12-24(34(5)16-14-22-20(3)32(38)42-30(22)28(18)34)40-26(36)8-7-9-27(37)41-25-13-11-19(2)29-31-23(15-17-35(25,29)6)21(4)33(39)43-31/h10-11,22-25,28-31H,3-4,7-9,12-17H2,1-2,5-6H3/t22-,23-,24+,25+,28+,29+,30-,31-,34-,35-/m0/s1. The average molecular weight is 593 g/mol. The van der Waals surface area contributed by atoms with Crippen molar-refractivity contribution < 1.29 is 38.1 Å². The second-order valence-electron chi connectivity index (χ2n) is 14.2. The molecule has 2 aliphatic heterocycles. The molecular weight excluding hydrogens is 548 g/mol. The van der Waals surface area contributed by atoms with Gasteiger partial charge in [-0.2, -0.15) is 0 Å². The van der Waals surface area contributed by atoms with Crippen LogP contribution in [0.2, 0.25) is 0 Å². The number of ether oxygens (including phenoxy) is 4. The summed E-state index contributed by atoms with van der Waals surface area (Å²) >= 11 is 0. The van der Waals surface area contributed by atoms with Gasteiger partial charge in [-0.3, -0.25) is 9.59 Å². The van der Waals surface area contributed by atoms with E-state index in [1.165, 1.54) is 11.1 Å². The van der Waals surface area contributed by atoms with Crippen molar-refractivity contribution in [2.24, 2.45) is 34.5 Å². The minimum atomic E-state index is -0.336. The Bertz CT molecular complexity index is 1240. The fourth-order valence-electron chi connectivity index (χ4n) is 9.37. The van der Waals surface area contributed by atoms with Crippen molar-refractivity contribution in [3.05, 3.63) is 47.6 Å². The Morgan fingerprint density at radius 1 is 0.791 bits per heavy atom. The molecule has 0 aromatic rings. The lowest BCUT2D eigenvalue weighted by Crippen LogP contribution is -2.53. The highest BCUT2D eigenvalue weighted by atomic mass is 16.6. The Kier molecular flexibility index (Phi) is 7.49. The summed E-state index contributed by atoms with van der Waals surface area (Å²) in [6, 6.07) is 0. The number of hydrogen-bond donors (Lipinski definition) is 0. The van der Waals surface area contributed by atoms with Crippen molar-refractivity contribution in [2.45, 2.75) is 110 Å². The van der Waals surface area contributed by atoms with Crippen LogP contribution < -0.4 is 0 Å². The molecule has 0 unspecified atom stereocenters. The largest absolute Gasteiger partial charge is 0.461 e. The van der Waals surface area contributed by atoms with Gasteiger partial charge in [-0.25, -0.2) is 9.59 Å². The number of fused-ring (bicyclic) bond motifs is 6. The van der Waals surface area contributed by atoms with Crippen LogP contribution in [0.1, 0.15) is 85.5 Å². The molecule has 0 aromatic heterocycles. The summed E-state index contributed by atoms with van der Waals surface area (Å²) in [4.78, 5) is 50.5. The lowest BCUT2D eigenvalue weighted by atomic mass is 9.55. The third kappa shape index (κ3) is 4.80. The molecule has 0 N–H and O–H groups in total. The molecule has 8 heteroatoms. The van der Waals surface area contributed by atoms with Crippen molar-refractivity contribution in [1.29, 1.82) is 0 Å². The van der Waals surface area contributed by atoms with E-state index in [0.717, 1.165) is 25.7 Å². The Balaban J connectivity index is 1.03. The average Bonchev–Trinajstić information content (AvgIpc) is 3.40. The molecule has 6 rings (SSSR count). The summed E-state index contributed by atoms with van der Waals surface area (Å²) < 4.78 is 23.6. The van der Waals surface area contributed by atoms with Crippen LogP contribution in [0.15, 0.2) is 47.6 Å². The lowest BCUT2D eigenvalue weighted by molar-refractivity contribution is -0.171. The van der Waals surface area contributed by atoms with E-state index >= 15 is 0 Å². The van der Waals surface area contributed by atoms with Crippen LogP contribution in [0, 0.1) is 34.5 Å². The molecule has 0 radical (unpaired) electrons. The van der Waals surface area contributed by atoms with Crippen molar-refractivity contribution in [3.8, 4) is 0 Å². The molecule has 2 saturated heterocycles. The summed E-state index contributed by atoms with van der Waals surface area (Å²) in [5, 5.41) is 0. The minimum absolute atomic E-state index is 0.0122. The Labute approximate surface area is 253 Å². The molecule has 43 heavy (non-hydrogen) atoms. The maximum Gasteiger partial charge on any atom is 0.334 e. The predicted octanol–water partition coefficient (Wildman–Crippen LogP) is 5.71. The van der Waals surface area contributed by atoms with Gasteiger partial charge < -0.3 is 18.9 Å². The van der Waals surface area contributed by atoms with Crippen LogP contribution in [-0.2, 0) is 38.1 Å². The highest BCUT2D eigenvalue weighted by Gasteiger charge is 2.60. The van der Waals surface area contributed by atoms with Crippen LogP contribution in [0.5, 0.6) is 0 Å². The highest BCUT2D eigenvalue weighted by molar-refractivity contribution is 5.91. The fraction of sp³-hybridized carbons (Fsp3) is 0.657. The number of carbonyl (C=O) groups is 4. The first-order chi connectivity index (χ1) is 20.3. The summed E-state index contributed by atoms with van der Waals surface area (Å²) in [5.41, 5.74) is 2.77. The van der Waals surface area contributed by atoms with Crippen LogP contribution in [0.25, 0.3) is 0 Å². The van der Waals surface area contributed by atoms with Gasteiger partial charge in [0.05, 0.1) is 0 Å². The lowest BCUT2D eigenvalue weighted by Gasteiger charge is -2.52. The quantitative estimate of drug-likeness (QED) is 0.167. The second-order valence-corrected chi connectivity index (χ2v) is 14.2. The summed E-state index contributed by atoms with van der Waals surface area (Å²) in [7, 11) is 0. The van der Waals surface area contributed by atoms with Gasteiger partial charge in [-0.15, -0.1) is 0 Å². The Morgan fingerprint density at radius 3 is 1.58 bits per heavy atom. The molecule has 10 atom stereocenters. The molecule has 2 saturated carbocycles. The van der Waals surface area contributed by atoms with Gasteiger partial charge in [0, 0.05) is 71.3 Å². The molecule has 232 valence electrons. The van der Waals surface area contributed by atoms with E-state index in [2.05, 4.69) is 53.0 Å². The van der Waals surface area contributed by atoms with Gasteiger partial charge in [0.25, 0.3) is 0 Å². The van der Waals surface area contributed by atoms with E-state index in [1.807, 2.05) is 0 Å². The maximum absolute atomic E-state index is 13.0. The van der Waals surface area contributed by atoms with Crippen LogP contribution >= 0.6 is 0 Å². The molecule has 8 nitrogen and oxygen atoms in total. The van der Waals surface area contributed by atoms with Crippen molar-refractivity contribution in [3.63, 3.8) is 0 Å². The molecule has 0 bridgehead atoms. The van der Waals surface area contributed by atoms with Gasteiger partial charge in [-0.1, -0.05) is 50.3 Å². The fourth-order valence-corrected chi connectivity index (χ4v) is 9.37. The monoisotopic (exact) mass is 592 g/mol. The van der Waals surface area contributed by atoms with Gasteiger partial charge in [-0.05, 0) is 46.0 Å². The first-order valence-electron chi connectivity index (χ1n) is 15.9. The molecular formula is C35H44O8. The van der Waals surface area contributed by atoms with Gasteiger partial charge in [0.15, 0.2) is 0 Å². The Hall–Kier alpha value is -3.16. The molecule has 0 aromatic carbocycles. The summed E-state index contributed by atoms with van der Waals surface area (Å²) in [6.45, 7) is 16.3. The van der Waals surface area contributed by atoms with Crippen LogP contribution in [0.4, 0.5) is 0 Å². The third-order valence-electron chi connectivity index (χ3n) is 11.8. The normalized spacial score (nSPS) is 41.5. The summed E-state index contributed by atoms with van der Waals surface area (Å²) in [6.07, 6.45) is 8.05. The van der Waals surface area contributed by atoms with E-state index in [0.29, 0.717) is 30.4 Å². The topological polar surface area (TPSA) is 105 Å². The number of esters is 4. The van der Waals surface area contributed by atoms with Crippen molar-refractivity contribution >= 4 is 23.9 Å². The second kappa shape index (κ2) is 10.8. The van der Waals surface area contributed by atoms with Crippen molar-refractivity contribution in [2.75, 3.05) is 0 Å².